The van der Waals surface area contributed by atoms with Gasteiger partial charge in [-0.25, -0.2) is 0 Å². The quantitative estimate of drug-likeness (QED) is 0.570. The molecule has 0 bridgehead atoms. The Balaban J connectivity index is 1.19. The van der Waals surface area contributed by atoms with Crippen LogP contribution in [0.25, 0.3) is 22.0 Å². The molecule has 0 radical (unpaired) electrons. The monoisotopic (exact) mass is 439 g/mol. The SMILES string of the molecule is O=CC1NN=C(CC2CN(C3(C=O)CC3)C2)N1c1ccc(-c2ccc3ncccc3c2)cc1. The van der Waals surface area contributed by atoms with Crippen molar-refractivity contribution >= 4 is 35.0 Å². The van der Waals surface area contributed by atoms with Crippen molar-refractivity contribution in [2.45, 2.75) is 31.0 Å². The summed E-state index contributed by atoms with van der Waals surface area (Å²) in [5, 5.41) is 5.58. The van der Waals surface area contributed by atoms with Crippen molar-refractivity contribution < 1.29 is 9.59 Å². The van der Waals surface area contributed by atoms with Crippen molar-refractivity contribution in [1.29, 1.82) is 0 Å². The number of anilines is 1. The van der Waals surface area contributed by atoms with Crippen molar-refractivity contribution in [3.63, 3.8) is 0 Å². The van der Waals surface area contributed by atoms with Crippen LogP contribution in [0, 0.1) is 5.92 Å². The van der Waals surface area contributed by atoms with Gasteiger partial charge in [0, 0.05) is 36.8 Å². The number of carbonyl (C=O) groups excluding carboxylic acids is 2. The van der Waals surface area contributed by atoms with Crippen molar-refractivity contribution in [2.75, 3.05) is 18.0 Å². The number of hydrogen-bond donors (Lipinski definition) is 1. The fraction of sp³-hybridized carbons (Fsp3) is 0.308. The largest absolute Gasteiger partial charge is 0.301 e. The maximum Gasteiger partial charge on any atom is 0.177 e. The molecule has 0 spiro atoms. The molecule has 3 heterocycles. The first-order valence-corrected chi connectivity index (χ1v) is 11.4. The molecule has 2 aromatic carbocycles. The van der Waals surface area contributed by atoms with E-state index in [0.717, 1.165) is 78.5 Å². The minimum atomic E-state index is -0.501. The lowest BCUT2D eigenvalue weighted by Gasteiger charge is -2.43. The number of aromatic nitrogens is 1. The predicted molar refractivity (Wildman–Crippen MR) is 128 cm³/mol. The van der Waals surface area contributed by atoms with Gasteiger partial charge in [0.25, 0.3) is 0 Å². The van der Waals surface area contributed by atoms with Gasteiger partial charge in [-0.1, -0.05) is 24.3 Å². The zero-order valence-corrected chi connectivity index (χ0v) is 18.2. The summed E-state index contributed by atoms with van der Waals surface area (Å²) in [5.74, 6) is 1.32. The van der Waals surface area contributed by atoms with E-state index in [0.29, 0.717) is 5.92 Å². The number of likely N-dealkylation sites (tertiary alicyclic amines) is 1. The topological polar surface area (TPSA) is 77.9 Å². The van der Waals surface area contributed by atoms with E-state index in [-0.39, 0.29) is 5.54 Å². The normalized spacial score (nSPS) is 21.9. The molecule has 7 heteroatoms. The van der Waals surface area contributed by atoms with Gasteiger partial charge in [0.2, 0.25) is 0 Å². The molecule has 1 aromatic heterocycles. The summed E-state index contributed by atoms with van der Waals surface area (Å²) in [6.07, 6.45) is 6.04. The van der Waals surface area contributed by atoms with Gasteiger partial charge in [0.1, 0.15) is 12.1 Å². The summed E-state index contributed by atoms with van der Waals surface area (Å²) in [5.41, 5.74) is 6.92. The molecule has 33 heavy (non-hydrogen) atoms. The predicted octanol–water partition coefficient (Wildman–Crippen LogP) is 3.20. The molecular formula is C26H25N5O2. The highest BCUT2D eigenvalue weighted by Crippen LogP contribution is 2.44. The van der Waals surface area contributed by atoms with Crippen LogP contribution in [0.4, 0.5) is 5.69 Å². The second-order valence-electron chi connectivity index (χ2n) is 9.26. The molecule has 7 nitrogen and oxygen atoms in total. The summed E-state index contributed by atoms with van der Waals surface area (Å²) in [6, 6.07) is 18.5. The Morgan fingerprint density at radius 1 is 1.03 bits per heavy atom. The Hall–Kier alpha value is -3.58. The van der Waals surface area contributed by atoms with Gasteiger partial charge in [-0.2, -0.15) is 5.10 Å². The summed E-state index contributed by atoms with van der Waals surface area (Å²) in [7, 11) is 0. The van der Waals surface area contributed by atoms with Crippen LogP contribution in [0.15, 0.2) is 65.9 Å². The van der Waals surface area contributed by atoms with E-state index >= 15 is 0 Å². The standard InChI is InChI=1S/C26H25N5O2/c32-16-25-29-28-24(12-18-14-30(15-18)26(17-33)9-10-26)31(25)22-6-3-19(4-7-22)20-5-8-23-21(13-20)2-1-11-27-23/h1-8,11,13,16-18,25,29H,9-10,12,14-15H2. The lowest BCUT2D eigenvalue weighted by molar-refractivity contribution is -0.116. The van der Waals surface area contributed by atoms with Crippen LogP contribution in [0.5, 0.6) is 0 Å². The van der Waals surface area contributed by atoms with Gasteiger partial charge in [-0.15, -0.1) is 0 Å². The number of nitrogens with one attached hydrogen (secondary N) is 1. The second kappa shape index (κ2) is 7.78. The van der Waals surface area contributed by atoms with Gasteiger partial charge < -0.3 is 4.79 Å². The number of benzene rings is 2. The smallest absolute Gasteiger partial charge is 0.177 e. The highest BCUT2D eigenvalue weighted by Gasteiger charge is 2.52. The lowest BCUT2D eigenvalue weighted by atomic mass is 9.92. The van der Waals surface area contributed by atoms with Crippen molar-refractivity contribution in [3.8, 4) is 11.1 Å². The molecule has 166 valence electrons. The number of aldehydes is 2. The Bertz CT molecular complexity index is 1250. The van der Waals surface area contributed by atoms with E-state index in [1.807, 2.05) is 29.2 Å². The van der Waals surface area contributed by atoms with Gasteiger partial charge in [0.05, 0.1) is 11.1 Å². The van der Waals surface area contributed by atoms with Crippen molar-refractivity contribution in [2.24, 2.45) is 11.0 Å². The van der Waals surface area contributed by atoms with Crippen LogP contribution >= 0.6 is 0 Å². The fourth-order valence-corrected chi connectivity index (χ4v) is 4.98. The first kappa shape index (κ1) is 20.1. The summed E-state index contributed by atoms with van der Waals surface area (Å²) in [6.45, 7) is 1.82. The minimum Gasteiger partial charge on any atom is -0.301 e. The molecule has 2 aliphatic heterocycles. The molecular weight excluding hydrogens is 414 g/mol. The molecule has 1 saturated heterocycles. The average Bonchev–Trinajstić information content (AvgIpc) is 3.52. The number of fused-ring (bicyclic) bond motifs is 1. The summed E-state index contributed by atoms with van der Waals surface area (Å²) in [4.78, 5) is 31.7. The zero-order valence-electron chi connectivity index (χ0n) is 18.2. The van der Waals surface area contributed by atoms with Gasteiger partial charge in [0.15, 0.2) is 12.5 Å². The number of hydrazone groups is 1. The highest BCUT2D eigenvalue weighted by molar-refractivity contribution is 6.03. The molecule has 3 aliphatic rings. The fourth-order valence-electron chi connectivity index (χ4n) is 4.98. The Labute approximate surface area is 192 Å². The van der Waals surface area contributed by atoms with E-state index in [2.05, 4.69) is 50.7 Å². The van der Waals surface area contributed by atoms with E-state index in [9.17, 15) is 9.59 Å². The molecule has 1 unspecified atom stereocenters. The summed E-state index contributed by atoms with van der Waals surface area (Å²) >= 11 is 0. The lowest BCUT2D eigenvalue weighted by Crippen LogP contribution is -2.55. The second-order valence-corrected chi connectivity index (χ2v) is 9.26. The molecule has 1 saturated carbocycles. The molecule has 1 aliphatic carbocycles. The van der Waals surface area contributed by atoms with Crippen molar-refractivity contribution in [3.05, 3.63) is 60.8 Å². The molecule has 3 aromatic rings. The molecule has 1 N–H and O–H groups in total. The van der Waals surface area contributed by atoms with Crippen LogP contribution in [-0.2, 0) is 9.59 Å². The van der Waals surface area contributed by atoms with Crippen LogP contribution < -0.4 is 10.3 Å². The summed E-state index contributed by atoms with van der Waals surface area (Å²) < 4.78 is 0. The first-order valence-electron chi connectivity index (χ1n) is 11.4. The van der Waals surface area contributed by atoms with Crippen LogP contribution in [0.1, 0.15) is 19.3 Å². The maximum atomic E-state index is 11.7. The minimum absolute atomic E-state index is 0.189. The molecule has 2 fully saturated rings. The molecule has 6 rings (SSSR count). The number of hydrogen-bond acceptors (Lipinski definition) is 7. The average molecular weight is 440 g/mol. The number of pyridine rings is 1. The van der Waals surface area contributed by atoms with Crippen LogP contribution in [0.2, 0.25) is 0 Å². The number of carbonyl (C=O) groups is 2. The number of rotatable bonds is 7. The third kappa shape index (κ3) is 3.49. The number of amidine groups is 1. The third-order valence-corrected chi connectivity index (χ3v) is 7.13. The Morgan fingerprint density at radius 2 is 1.82 bits per heavy atom. The highest BCUT2D eigenvalue weighted by atomic mass is 16.1. The number of nitrogens with zero attached hydrogens (tertiary/aromatic N) is 4. The van der Waals surface area contributed by atoms with Crippen LogP contribution in [0.3, 0.4) is 0 Å². The van der Waals surface area contributed by atoms with E-state index in [1.165, 1.54) is 0 Å². The first-order chi connectivity index (χ1) is 16.2. The Kier molecular flexibility index (Phi) is 4.73. The van der Waals surface area contributed by atoms with Gasteiger partial charge >= 0.3 is 0 Å². The molecule has 1 atom stereocenters. The van der Waals surface area contributed by atoms with E-state index in [4.69, 9.17) is 0 Å². The maximum absolute atomic E-state index is 11.7. The Morgan fingerprint density at radius 3 is 2.55 bits per heavy atom. The zero-order chi connectivity index (χ0) is 22.4. The van der Waals surface area contributed by atoms with Crippen LogP contribution in [-0.4, -0.2) is 53.1 Å². The third-order valence-electron chi connectivity index (χ3n) is 7.13. The molecule has 0 amide bonds. The van der Waals surface area contributed by atoms with E-state index < -0.39 is 6.17 Å². The van der Waals surface area contributed by atoms with E-state index in [1.54, 1.807) is 6.20 Å². The van der Waals surface area contributed by atoms with Gasteiger partial charge in [-0.05, 0) is 60.2 Å². The van der Waals surface area contributed by atoms with Gasteiger partial charge in [-0.3, -0.25) is 25.0 Å². The van der Waals surface area contributed by atoms with Crippen molar-refractivity contribution in [1.82, 2.24) is 15.3 Å².